The lowest BCUT2D eigenvalue weighted by Crippen LogP contribution is -2.23. The lowest BCUT2D eigenvalue weighted by Gasteiger charge is -2.08. The SMILES string of the molecule is CSc1ccc(C(=O)NCc2ccccc2N)cc1. The maximum atomic E-state index is 12.0. The summed E-state index contributed by atoms with van der Waals surface area (Å²) < 4.78 is 0. The van der Waals surface area contributed by atoms with Crippen LogP contribution in [0.15, 0.2) is 53.4 Å². The van der Waals surface area contributed by atoms with E-state index in [9.17, 15) is 4.79 Å². The molecule has 0 fully saturated rings. The average Bonchev–Trinajstić information content (AvgIpc) is 2.46. The van der Waals surface area contributed by atoms with Crippen LogP contribution >= 0.6 is 11.8 Å². The van der Waals surface area contributed by atoms with Gasteiger partial charge < -0.3 is 11.1 Å². The number of rotatable bonds is 4. The fourth-order valence-electron chi connectivity index (χ4n) is 1.72. The zero-order valence-electron chi connectivity index (χ0n) is 10.7. The molecule has 98 valence electrons. The highest BCUT2D eigenvalue weighted by Gasteiger charge is 2.06. The van der Waals surface area contributed by atoms with Crippen LogP contribution in [0, 0.1) is 0 Å². The van der Waals surface area contributed by atoms with Crippen molar-refractivity contribution in [2.24, 2.45) is 0 Å². The van der Waals surface area contributed by atoms with Crippen LogP contribution in [0.25, 0.3) is 0 Å². The molecule has 4 heteroatoms. The molecule has 0 aliphatic rings. The third-order valence-electron chi connectivity index (χ3n) is 2.85. The van der Waals surface area contributed by atoms with Crippen molar-refractivity contribution >= 4 is 23.4 Å². The number of hydrogen-bond acceptors (Lipinski definition) is 3. The number of hydrogen-bond donors (Lipinski definition) is 2. The lowest BCUT2D eigenvalue weighted by molar-refractivity contribution is 0.0951. The topological polar surface area (TPSA) is 55.1 Å². The summed E-state index contributed by atoms with van der Waals surface area (Å²) in [7, 11) is 0. The van der Waals surface area contributed by atoms with Gasteiger partial charge in [0.1, 0.15) is 0 Å². The largest absolute Gasteiger partial charge is 0.398 e. The first kappa shape index (κ1) is 13.5. The van der Waals surface area contributed by atoms with E-state index in [1.54, 1.807) is 11.8 Å². The standard InChI is InChI=1S/C15H16N2OS/c1-19-13-8-6-11(7-9-13)15(18)17-10-12-4-2-3-5-14(12)16/h2-9H,10,16H2,1H3,(H,17,18). The zero-order chi connectivity index (χ0) is 13.7. The minimum Gasteiger partial charge on any atom is -0.398 e. The summed E-state index contributed by atoms with van der Waals surface area (Å²) in [5, 5.41) is 2.87. The first-order valence-electron chi connectivity index (χ1n) is 5.96. The van der Waals surface area contributed by atoms with Crippen molar-refractivity contribution in [3.05, 3.63) is 59.7 Å². The molecule has 2 aromatic rings. The highest BCUT2D eigenvalue weighted by atomic mass is 32.2. The summed E-state index contributed by atoms with van der Waals surface area (Å²) >= 11 is 1.65. The van der Waals surface area contributed by atoms with Gasteiger partial charge in [-0.05, 0) is 42.2 Å². The van der Waals surface area contributed by atoms with E-state index in [0.717, 1.165) is 10.5 Å². The predicted molar refractivity (Wildman–Crippen MR) is 80.2 cm³/mol. The smallest absolute Gasteiger partial charge is 0.251 e. The van der Waals surface area contributed by atoms with E-state index in [4.69, 9.17) is 5.73 Å². The molecular weight excluding hydrogens is 256 g/mol. The molecule has 19 heavy (non-hydrogen) atoms. The van der Waals surface area contributed by atoms with E-state index in [1.807, 2.05) is 54.8 Å². The summed E-state index contributed by atoms with van der Waals surface area (Å²) in [5.74, 6) is -0.0871. The number of benzene rings is 2. The molecule has 0 bridgehead atoms. The van der Waals surface area contributed by atoms with Crippen LogP contribution in [0.1, 0.15) is 15.9 Å². The molecule has 0 aromatic heterocycles. The first-order chi connectivity index (χ1) is 9.20. The van der Waals surface area contributed by atoms with E-state index < -0.39 is 0 Å². The normalized spacial score (nSPS) is 10.2. The van der Waals surface area contributed by atoms with E-state index in [1.165, 1.54) is 0 Å². The number of carbonyl (C=O) groups is 1. The van der Waals surface area contributed by atoms with Gasteiger partial charge in [0.2, 0.25) is 0 Å². The first-order valence-corrected chi connectivity index (χ1v) is 7.19. The zero-order valence-corrected chi connectivity index (χ0v) is 11.5. The monoisotopic (exact) mass is 272 g/mol. The molecule has 0 radical (unpaired) electrons. The molecule has 0 saturated heterocycles. The number of amides is 1. The summed E-state index contributed by atoms with van der Waals surface area (Å²) in [4.78, 5) is 13.1. The number of thioether (sulfide) groups is 1. The second kappa shape index (κ2) is 6.29. The van der Waals surface area contributed by atoms with E-state index in [2.05, 4.69) is 5.32 Å². The second-order valence-electron chi connectivity index (χ2n) is 4.11. The van der Waals surface area contributed by atoms with Gasteiger partial charge >= 0.3 is 0 Å². The molecule has 0 unspecified atom stereocenters. The Morgan fingerprint density at radius 3 is 2.47 bits per heavy atom. The Morgan fingerprint density at radius 2 is 1.84 bits per heavy atom. The number of nitrogen functional groups attached to an aromatic ring is 1. The van der Waals surface area contributed by atoms with Gasteiger partial charge in [-0.3, -0.25) is 4.79 Å². The van der Waals surface area contributed by atoms with Crippen LogP contribution in [0.4, 0.5) is 5.69 Å². The van der Waals surface area contributed by atoms with Gasteiger partial charge in [0.25, 0.3) is 5.91 Å². The Kier molecular flexibility index (Phi) is 4.47. The number of para-hydroxylation sites is 1. The molecule has 0 spiro atoms. The molecule has 3 nitrogen and oxygen atoms in total. The Bertz CT molecular complexity index is 567. The van der Waals surface area contributed by atoms with Gasteiger partial charge in [0, 0.05) is 22.7 Å². The Labute approximate surface area is 117 Å². The number of nitrogens with one attached hydrogen (secondary N) is 1. The average molecular weight is 272 g/mol. The highest BCUT2D eigenvalue weighted by Crippen LogP contribution is 2.15. The molecule has 1 amide bonds. The highest BCUT2D eigenvalue weighted by molar-refractivity contribution is 7.98. The van der Waals surface area contributed by atoms with E-state index >= 15 is 0 Å². The van der Waals surface area contributed by atoms with Gasteiger partial charge in [-0.15, -0.1) is 11.8 Å². The van der Waals surface area contributed by atoms with Crippen molar-refractivity contribution in [3.8, 4) is 0 Å². The van der Waals surface area contributed by atoms with Crippen molar-refractivity contribution in [2.75, 3.05) is 12.0 Å². The van der Waals surface area contributed by atoms with Crippen molar-refractivity contribution < 1.29 is 4.79 Å². The van der Waals surface area contributed by atoms with Crippen molar-refractivity contribution in [1.29, 1.82) is 0 Å². The third-order valence-corrected chi connectivity index (χ3v) is 3.59. The molecule has 3 N–H and O–H groups in total. The van der Waals surface area contributed by atoms with Crippen LogP contribution in [0.2, 0.25) is 0 Å². The molecule has 0 aliphatic carbocycles. The van der Waals surface area contributed by atoms with Crippen LogP contribution in [0.3, 0.4) is 0 Å². The molecule has 2 aromatic carbocycles. The van der Waals surface area contributed by atoms with Crippen LogP contribution < -0.4 is 11.1 Å². The molecule has 0 saturated carbocycles. The van der Waals surface area contributed by atoms with Gasteiger partial charge in [-0.25, -0.2) is 0 Å². The Balaban J connectivity index is 1.99. The number of anilines is 1. The van der Waals surface area contributed by atoms with Gasteiger partial charge in [0.15, 0.2) is 0 Å². The van der Waals surface area contributed by atoms with Gasteiger partial charge in [-0.1, -0.05) is 18.2 Å². The Morgan fingerprint density at radius 1 is 1.16 bits per heavy atom. The van der Waals surface area contributed by atoms with Crippen LogP contribution in [-0.2, 0) is 6.54 Å². The van der Waals surface area contributed by atoms with Gasteiger partial charge in [0.05, 0.1) is 0 Å². The van der Waals surface area contributed by atoms with Crippen molar-refractivity contribution in [3.63, 3.8) is 0 Å². The Hall–Kier alpha value is -1.94. The minimum absolute atomic E-state index is 0.0871. The maximum Gasteiger partial charge on any atom is 0.251 e. The second-order valence-corrected chi connectivity index (χ2v) is 4.99. The number of nitrogens with two attached hydrogens (primary N) is 1. The minimum atomic E-state index is -0.0871. The van der Waals surface area contributed by atoms with Crippen molar-refractivity contribution in [1.82, 2.24) is 5.32 Å². The third kappa shape index (κ3) is 3.51. The van der Waals surface area contributed by atoms with Crippen molar-refractivity contribution in [2.45, 2.75) is 11.4 Å². The van der Waals surface area contributed by atoms with Crippen LogP contribution in [0.5, 0.6) is 0 Å². The molecule has 0 aliphatic heterocycles. The maximum absolute atomic E-state index is 12.0. The fraction of sp³-hybridized carbons (Fsp3) is 0.133. The predicted octanol–water partition coefficient (Wildman–Crippen LogP) is 2.92. The summed E-state index contributed by atoms with van der Waals surface area (Å²) in [6.45, 7) is 0.440. The van der Waals surface area contributed by atoms with Crippen LogP contribution in [-0.4, -0.2) is 12.2 Å². The van der Waals surface area contributed by atoms with E-state index in [-0.39, 0.29) is 5.91 Å². The molecule has 0 atom stereocenters. The van der Waals surface area contributed by atoms with E-state index in [0.29, 0.717) is 17.8 Å². The fourth-order valence-corrected chi connectivity index (χ4v) is 2.12. The summed E-state index contributed by atoms with van der Waals surface area (Å²) in [5.41, 5.74) is 8.11. The summed E-state index contributed by atoms with van der Waals surface area (Å²) in [6, 6.07) is 15.1. The number of carbonyl (C=O) groups excluding carboxylic acids is 1. The van der Waals surface area contributed by atoms with Gasteiger partial charge in [-0.2, -0.15) is 0 Å². The lowest BCUT2D eigenvalue weighted by atomic mass is 10.1. The molecule has 0 heterocycles. The quantitative estimate of drug-likeness (QED) is 0.664. The molecule has 2 rings (SSSR count). The summed E-state index contributed by atoms with van der Waals surface area (Å²) in [6.07, 6.45) is 2.01. The molecular formula is C15H16N2OS.